The van der Waals surface area contributed by atoms with Crippen LogP contribution in [-0.2, 0) is 17.8 Å². The van der Waals surface area contributed by atoms with E-state index in [9.17, 15) is 4.79 Å². The fourth-order valence-electron chi connectivity index (χ4n) is 2.77. The van der Waals surface area contributed by atoms with Crippen molar-refractivity contribution in [3.63, 3.8) is 0 Å². The third-order valence-corrected chi connectivity index (χ3v) is 5.29. The van der Waals surface area contributed by atoms with Crippen LogP contribution in [-0.4, -0.2) is 30.8 Å². The quantitative estimate of drug-likeness (QED) is 0.799. The van der Waals surface area contributed by atoms with Crippen LogP contribution in [0.2, 0.25) is 0 Å². The van der Waals surface area contributed by atoms with Gasteiger partial charge in [0, 0.05) is 12.0 Å². The molecule has 2 heterocycles. The molecule has 0 saturated carbocycles. The van der Waals surface area contributed by atoms with Gasteiger partial charge in [-0.15, -0.1) is 11.8 Å². The Bertz CT molecular complexity index is 728. The van der Waals surface area contributed by atoms with E-state index in [0.29, 0.717) is 12.3 Å². The summed E-state index contributed by atoms with van der Waals surface area (Å²) in [6, 6.07) is 9.55. The number of amides is 1. The van der Waals surface area contributed by atoms with E-state index in [2.05, 4.69) is 6.92 Å². The van der Waals surface area contributed by atoms with Gasteiger partial charge >= 0.3 is 0 Å². The highest BCUT2D eigenvalue weighted by atomic mass is 32.2. The zero-order valence-electron chi connectivity index (χ0n) is 14.1. The van der Waals surface area contributed by atoms with E-state index in [4.69, 9.17) is 13.9 Å². The molecule has 1 aromatic heterocycles. The molecule has 6 heteroatoms. The van der Waals surface area contributed by atoms with Gasteiger partial charge in [0.25, 0.3) is 0 Å². The van der Waals surface area contributed by atoms with Gasteiger partial charge in [0.05, 0.1) is 26.5 Å². The van der Waals surface area contributed by atoms with Gasteiger partial charge in [-0.3, -0.25) is 4.79 Å². The molecule has 0 aliphatic carbocycles. The minimum atomic E-state index is -0.103. The van der Waals surface area contributed by atoms with Gasteiger partial charge < -0.3 is 18.8 Å². The molecule has 1 atom stereocenters. The molecule has 3 rings (SSSR count). The molecule has 1 saturated heterocycles. The maximum atomic E-state index is 12.4. The van der Waals surface area contributed by atoms with Gasteiger partial charge in [-0.05, 0) is 30.3 Å². The molecule has 1 amide bonds. The highest BCUT2D eigenvalue weighted by Crippen LogP contribution is 2.41. The summed E-state index contributed by atoms with van der Waals surface area (Å²) < 4.78 is 16.6. The highest BCUT2D eigenvalue weighted by Gasteiger charge is 2.35. The zero-order chi connectivity index (χ0) is 17.1. The third-order valence-electron chi connectivity index (χ3n) is 4.07. The van der Waals surface area contributed by atoms with Crippen molar-refractivity contribution in [1.29, 1.82) is 0 Å². The summed E-state index contributed by atoms with van der Waals surface area (Å²) in [6.45, 7) is 2.51. The van der Waals surface area contributed by atoms with Gasteiger partial charge in [0.2, 0.25) is 5.91 Å². The average Bonchev–Trinajstić information content (AvgIpc) is 3.22. The molecule has 1 fully saturated rings. The van der Waals surface area contributed by atoms with Crippen molar-refractivity contribution in [1.82, 2.24) is 4.90 Å². The lowest BCUT2D eigenvalue weighted by Crippen LogP contribution is -2.27. The molecular weight excluding hydrogens is 326 g/mol. The number of thioether (sulfide) groups is 1. The SMILES string of the molecule is CCc1ccc(C2SCC(=O)N2Cc2cc(OC)ccc2OC)o1. The van der Waals surface area contributed by atoms with E-state index in [1.165, 1.54) is 0 Å². The van der Waals surface area contributed by atoms with E-state index in [1.807, 2.05) is 35.2 Å². The first-order valence-corrected chi connectivity index (χ1v) is 8.91. The zero-order valence-corrected chi connectivity index (χ0v) is 14.9. The first kappa shape index (κ1) is 16.8. The average molecular weight is 347 g/mol. The van der Waals surface area contributed by atoms with Crippen LogP contribution in [0.5, 0.6) is 11.5 Å². The molecule has 0 N–H and O–H groups in total. The number of ether oxygens (including phenoxy) is 2. The van der Waals surface area contributed by atoms with E-state index in [0.717, 1.165) is 35.0 Å². The molecule has 24 heavy (non-hydrogen) atoms. The fourth-order valence-corrected chi connectivity index (χ4v) is 3.90. The van der Waals surface area contributed by atoms with Gasteiger partial charge in [-0.25, -0.2) is 0 Å². The van der Waals surface area contributed by atoms with E-state index >= 15 is 0 Å². The number of aryl methyl sites for hydroxylation is 1. The summed E-state index contributed by atoms with van der Waals surface area (Å²) in [5.41, 5.74) is 0.917. The summed E-state index contributed by atoms with van der Waals surface area (Å²) >= 11 is 1.59. The number of benzene rings is 1. The molecule has 5 nitrogen and oxygen atoms in total. The van der Waals surface area contributed by atoms with Crippen LogP contribution in [0.3, 0.4) is 0 Å². The number of methoxy groups -OCH3 is 2. The second-order valence-electron chi connectivity index (χ2n) is 5.52. The number of hydrogen-bond acceptors (Lipinski definition) is 5. The standard InChI is InChI=1S/C18H21NO4S/c1-4-13-5-8-16(23-13)18-19(17(20)11-24-18)10-12-9-14(21-2)6-7-15(12)22-3/h5-9,18H,4,10-11H2,1-3H3. The number of furan rings is 1. The Morgan fingerprint density at radius 2 is 2.08 bits per heavy atom. The van der Waals surface area contributed by atoms with Crippen LogP contribution in [0.4, 0.5) is 0 Å². The Hall–Kier alpha value is -2.08. The maximum Gasteiger partial charge on any atom is 0.234 e. The van der Waals surface area contributed by atoms with Crippen molar-refractivity contribution in [2.24, 2.45) is 0 Å². The predicted octanol–water partition coefficient (Wildman–Crippen LogP) is 3.63. The van der Waals surface area contributed by atoms with Gasteiger partial charge in [0.1, 0.15) is 28.4 Å². The van der Waals surface area contributed by atoms with E-state index in [1.54, 1.807) is 26.0 Å². The van der Waals surface area contributed by atoms with Crippen LogP contribution in [0.15, 0.2) is 34.7 Å². The lowest BCUT2D eigenvalue weighted by atomic mass is 10.1. The Labute approximate surface area is 145 Å². The van der Waals surface area contributed by atoms with Crippen molar-refractivity contribution in [3.8, 4) is 11.5 Å². The first-order valence-electron chi connectivity index (χ1n) is 7.86. The van der Waals surface area contributed by atoms with Crippen molar-refractivity contribution >= 4 is 17.7 Å². The molecular formula is C18H21NO4S. The Morgan fingerprint density at radius 1 is 1.25 bits per heavy atom. The number of hydrogen-bond donors (Lipinski definition) is 0. The summed E-state index contributed by atoms with van der Waals surface area (Å²) in [5, 5.41) is -0.103. The molecule has 1 unspecified atom stereocenters. The molecule has 1 aliphatic rings. The van der Waals surface area contributed by atoms with Crippen molar-refractivity contribution in [2.45, 2.75) is 25.3 Å². The largest absolute Gasteiger partial charge is 0.497 e. The Kier molecular flexibility index (Phi) is 5.04. The smallest absolute Gasteiger partial charge is 0.234 e. The molecule has 0 spiro atoms. The van der Waals surface area contributed by atoms with E-state index < -0.39 is 0 Å². The van der Waals surface area contributed by atoms with E-state index in [-0.39, 0.29) is 11.3 Å². The summed E-state index contributed by atoms with van der Waals surface area (Å²) in [6.07, 6.45) is 0.842. The molecule has 0 bridgehead atoms. The topological polar surface area (TPSA) is 51.9 Å². The van der Waals surface area contributed by atoms with Crippen LogP contribution >= 0.6 is 11.8 Å². The number of nitrogens with zero attached hydrogens (tertiary/aromatic N) is 1. The van der Waals surface area contributed by atoms with Gasteiger partial charge in [-0.2, -0.15) is 0 Å². The van der Waals surface area contributed by atoms with Crippen LogP contribution in [0, 0.1) is 0 Å². The normalized spacial score (nSPS) is 17.4. The number of rotatable bonds is 6. The fraction of sp³-hybridized carbons (Fsp3) is 0.389. The van der Waals surface area contributed by atoms with Gasteiger partial charge in [-0.1, -0.05) is 6.92 Å². The van der Waals surface area contributed by atoms with Crippen LogP contribution in [0.1, 0.15) is 29.4 Å². The molecule has 2 aromatic rings. The Balaban J connectivity index is 1.87. The monoisotopic (exact) mass is 347 g/mol. The highest BCUT2D eigenvalue weighted by molar-refractivity contribution is 8.00. The lowest BCUT2D eigenvalue weighted by molar-refractivity contribution is -0.128. The first-order chi connectivity index (χ1) is 11.7. The minimum Gasteiger partial charge on any atom is -0.497 e. The molecule has 1 aromatic carbocycles. The second kappa shape index (κ2) is 7.21. The second-order valence-corrected chi connectivity index (χ2v) is 6.59. The summed E-state index contributed by atoms with van der Waals surface area (Å²) in [4.78, 5) is 14.2. The summed E-state index contributed by atoms with van der Waals surface area (Å²) in [5.74, 6) is 3.80. The van der Waals surface area contributed by atoms with Crippen LogP contribution in [0.25, 0.3) is 0 Å². The lowest BCUT2D eigenvalue weighted by Gasteiger charge is -2.23. The van der Waals surface area contributed by atoms with Gasteiger partial charge in [0.15, 0.2) is 0 Å². The maximum absolute atomic E-state index is 12.4. The summed E-state index contributed by atoms with van der Waals surface area (Å²) in [7, 11) is 3.25. The minimum absolute atomic E-state index is 0.101. The van der Waals surface area contributed by atoms with Crippen molar-refractivity contribution < 1.29 is 18.7 Å². The molecule has 1 aliphatic heterocycles. The third kappa shape index (κ3) is 3.24. The predicted molar refractivity (Wildman–Crippen MR) is 93.4 cm³/mol. The Morgan fingerprint density at radius 3 is 2.75 bits per heavy atom. The number of carbonyl (C=O) groups excluding carboxylic acids is 1. The molecule has 128 valence electrons. The molecule has 0 radical (unpaired) electrons. The van der Waals surface area contributed by atoms with Crippen molar-refractivity contribution in [3.05, 3.63) is 47.4 Å². The number of carbonyl (C=O) groups is 1. The van der Waals surface area contributed by atoms with Crippen LogP contribution < -0.4 is 9.47 Å². The van der Waals surface area contributed by atoms with Crippen molar-refractivity contribution in [2.75, 3.05) is 20.0 Å².